The van der Waals surface area contributed by atoms with Gasteiger partial charge in [0.2, 0.25) is 0 Å². The predicted molar refractivity (Wildman–Crippen MR) is 606 cm³/mol. The molecule has 0 radical (unpaired) electrons. The van der Waals surface area contributed by atoms with Crippen molar-refractivity contribution in [2.75, 3.05) is 11.9 Å². The largest absolute Gasteiger partial charge is 0.478 e. The maximum Gasteiger partial charge on any atom is 0.337 e. The number of carboxylic acid groups (broad SMARTS) is 1. The SMILES string of the molecule is C.C/C(=C\CC(C)(C)C)c1cccc(-c2ncc[nH]2)c1.C/C(=C\CC(C)(C)C)c1cccc(C)c1.C/C(=C\CC(C)(C)C)c1cccc(C)c1.C/C(=C\CC(C)(C)C)c1cccc(Cl)c1.C/C(=C\CC(C)C)CC/C=C(\C)CNc1ccccc1C(=O)O.CC(C)=CCc1ccc(CC(C)C)cc1.CC(C)=CCc1cccc(CC(C)C)c1.CC/C=C(\C)c1cccc(-c2ccccc2)c1. The number of aromatic amines is 1. The molecule has 730 valence electrons. The fourth-order valence-electron chi connectivity index (χ4n) is 13.7. The average molecular weight is 1840 g/mol. The highest BCUT2D eigenvalue weighted by molar-refractivity contribution is 6.30. The van der Waals surface area contributed by atoms with Crippen LogP contribution in [0.5, 0.6) is 0 Å². The number of carbonyl (C=O) groups is 1. The zero-order valence-electron chi connectivity index (χ0n) is 89.3. The number of nitrogens with zero attached hydrogens (tertiary/aromatic N) is 1. The van der Waals surface area contributed by atoms with E-state index in [1.54, 1.807) is 24.4 Å². The first-order valence-electron chi connectivity index (χ1n) is 49.3. The zero-order valence-corrected chi connectivity index (χ0v) is 90.1. The molecule has 0 saturated heterocycles. The normalized spacial score (nSPS) is 12.0. The van der Waals surface area contributed by atoms with E-state index in [4.69, 9.17) is 16.7 Å². The summed E-state index contributed by atoms with van der Waals surface area (Å²) in [7, 11) is 0. The highest BCUT2D eigenvalue weighted by Gasteiger charge is 2.14. The second-order valence-electron chi connectivity index (χ2n) is 42.9. The molecule has 0 unspecified atom stereocenters. The van der Waals surface area contributed by atoms with Gasteiger partial charge in [-0.15, -0.1) is 0 Å². The Morgan fingerprint density at radius 3 is 1.24 bits per heavy atom. The molecule has 0 bridgehead atoms. The Labute approximate surface area is 830 Å². The van der Waals surface area contributed by atoms with E-state index in [1.165, 1.54) is 135 Å². The standard InChI is InChI=1S/C20H29NO2.C17H22N2.C17H18.4C15H22.C14H19Cl.CH4/c1-15(2)12-13-16(3)8-7-9-17(4)14-21-19-11-6-5-10-18(19)20(22)23;1-13(8-9-17(2,3)4)14-6-5-7-15(12-14)16-18-10-11-19-16;1-3-8-14(2)16-11-7-12-17(13-16)15-9-5-4-6-10-15;2*1-12-7-6-8-14(11-12)13(2)9-10-15(3,4)5;1-12(2)5-6-14-7-9-15(10-8-14)11-13(3)4;1-12(2)8-9-14-6-5-7-15(11-14)10-13(3)4;1-11(8-9-14(2,3)4)12-6-5-7-13(15)10-12;/h5-6,9-11,13,15,21H,7-8,12,14H2,1-4H3,(H,22,23);5-8,10-12H,9H2,1-4H3,(H,18,19);4-13H,3H2,1-2H3;2*6-9,11H,10H2,1-5H3;5,7-10,13H,6,11H2,1-4H3;5-8,11,13H,9-10H2,1-4H3;5-8,10H,9H2,1-4H3;1H4/b16-13+,17-9+;13-8+;14-8+;2*13-9+;;;11-8+;. The van der Waals surface area contributed by atoms with Crippen LogP contribution in [-0.2, 0) is 25.7 Å². The number of para-hydroxylation sites is 1. The Bertz CT molecular complexity index is 5160. The summed E-state index contributed by atoms with van der Waals surface area (Å²) in [5, 5.41) is 13.2. The van der Waals surface area contributed by atoms with Crippen molar-refractivity contribution >= 4 is 51.1 Å². The number of carboxylic acids is 1. The quantitative estimate of drug-likeness (QED) is 0.0408. The Kier molecular flexibility index (Phi) is 56.8. The number of rotatable bonds is 29. The molecule has 6 heteroatoms. The number of aromatic nitrogens is 2. The summed E-state index contributed by atoms with van der Waals surface area (Å²) in [5.74, 6) is 2.21. The van der Waals surface area contributed by atoms with Crippen LogP contribution in [0, 0.1) is 53.3 Å². The van der Waals surface area contributed by atoms with E-state index >= 15 is 0 Å². The lowest BCUT2D eigenvalue weighted by molar-refractivity contribution is 0.0697. The molecular formula is C129H180ClN3O2. The minimum atomic E-state index is -0.902. The molecule has 0 spiro atoms. The zero-order chi connectivity index (χ0) is 100. The third-order valence-corrected chi connectivity index (χ3v) is 22.0. The van der Waals surface area contributed by atoms with Gasteiger partial charge in [-0.25, -0.2) is 9.78 Å². The minimum Gasteiger partial charge on any atom is -0.478 e. The molecule has 0 saturated carbocycles. The predicted octanol–water partition coefficient (Wildman–Crippen LogP) is 39.9. The molecule has 0 amide bonds. The van der Waals surface area contributed by atoms with Gasteiger partial charge in [0.1, 0.15) is 5.82 Å². The van der Waals surface area contributed by atoms with Crippen molar-refractivity contribution in [1.82, 2.24) is 9.97 Å². The van der Waals surface area contributed by atoms with Crippen LogP contribution in [0.2, 0.25) is 5.02 Å². The number of allylic oxidation sites excluding steroid dienone is 17. The molecule has 1 aromatic heterocycles. The molecule has 3 N–H and O–H groups in total. The number of H-pyrrole nitrogens is 1. The molecule has 1 heterocycles. The van der Waals surface area contributed by atoms with Gasteiger partial charge in [-0.2, -0.15) is 0 Å². The Balaban J connectivity index is 0.000000524. The summed E-state index contributed by atoms with van der Waals surface area (Å²) in [4.78, 5) is 18.6. The first-order chi connectivity index (χ1) is 63.0. The molecule has 135 heavy (non-hydrogen) atoms. The first-order valence-corrected chi connectivity index (χ1v) is 49.6. The van der Waals surface area contributed by atoms with E-state index in [1.807, 2.05) is 30.5 Å². The van der Waals surface area contributed by atoms with Gasteiger partial charge < -0.3 is 15.4 Å². The van der Waals surface area contributed by atoms with Crippen molar-refractivity contribution < 1.29 is 9.90 Å². The molecule has 0 atom stereocenters. The van der Waals surface area contributed by atoms with Crippen molar-refractivity contribution in [1.29, 1.82) is 0 Å². The Morgan fingerprint density at radius 1 is 0.400 bits per heavy atom. The average Bonchev–Trinajstić information content (AvgIpc) is 1.81. The second-order valence-corrected chi connectivity index (χ2v) is 43.3. The van der Waals surface area contributed by atoms with Gasteiger partial charge >= 0.3 is 5.97 Å². The van der Waals surface area contributed by atoms with E-state index in [9.17, 15) is 4.79 Å². The van der Waals surface area contributed by atoms with Crippen LogP contribution >= 0.6 is 11.6 Å². The number of halogens is 1. The molecule has 10 rings (SSSR count). The molecule has 9 aromatic carbocycles. The fourth-order valence-corrected chi connectivity index (χ4v) is 13.8. The van der Waals surface area contributed by atoms with Crippen LogP contribution < -0.4 is 5.32 Å². The Morgan fingerprint density at radius 2 is 0.800 bits per heavy atom. The molecular weight excluding hydrogens is 1660 g/mol. The lowest BCUT2D eigenvalue weighted by atomic mass is 9.90. The highest BCUT2D eigenvalue weighted by atomic mass is 35.5. The smallest absolute Gasteiger partial charge is 0.337 e. The van der Waals surface area contributed by atoms with Crippen LogP contribution in [-0.4, -0.2) is 27.6 Å². The van der Waals surface area contributed by atoms with Gasteiger partial charge in [-0.05, 0) is 332 Å². The van der Waals surface area contributed by atoms with Gasteiger partial charge in [0.25, 0.3) is 0 Å². The number of benzene rings is 9. The molecule has 0 aliphatic carbocycles. The third kappa shape index (κ3) is 57.2. The number of nitrogens with one attached hydrogen (secondary N) is 2. The molecule has 0 fully saturated rings. The van der Waals surface area contributed by atoms with Gasteiger partial charge in [-0.1, -0.05) is 427 Å². The van der Waals surface area contributed by atoms with Crippen LogP contribution in [0.15, 0.2) is 314 Å². The Hall–Kier alpha value is -10.6. The molecule has 0 aliphatic rings. The van der Waals surface area contributed by atoms with Gasteiger partial charge in [0.15, 0.2) is 0 Å². The van der Waals surface area contributed by atoms with Crippen molar-refractivity contribution in [2.45, 2.75) is 306 Å². The summed E-state index contributed by atoms with van der Waals surface area (Å²) in [5.41, 5.74) is 33.2. The number of hydrogen-bond donors (Lipinski definition) is 3. The van der Waals surface area contributed by atoms with E-state index in [-0.39, 0.29) is 7.43 Å². The van der Waals surface area contributed by atoms with Crippen molar-refractivity contribution in [3.63, 3.8) is 0 Å². The number of imidazole rings is 1. The lowest BCUT2D eigenvalue weighted by Gasteiger charge is -2.15. The van der Waals surface area contributed by atoms with Crippen LogP contribution in [0.1, 0.15) is 338 Å². The van der Waals surface area contributed by atoms with Gasteiger partial charge in [0, 0.05) is 35.2 Å². The van der Waals surface area contributed by atoms with E-state index in [0.29, 0.717) is 45.4 Å². The summed E-state index contributed by atoms with van der Waals surface area (Å²) >= 11 is 5.95. The maximum absolute atomic E-state index is 11.2. The first kappa shape index (κ1) is 120. The van der Waals surface area contributed by atoms with E-state index in [0.717, 1.165) is 92.5 Å². The van der Waals surface area contributed by atoms with Gasteiger partial charge in [-0.3, -0.25) is 0 Å². The van der Waals surface area contributed by atoms with Crippen LogP contribution in [0.3, 0.4) is 0 Å². The second kappa shape index (κ2) is 63.7. The van der Waals surface area contributed by atoms with Crippen molar-refractivity contribution in [3.8, 4) is 22.5 Å². The highest BCUT2D eigenvalue weighted by Crippen LogP contribution is 2.31. The lowest BCUT2D eigenvalue weighted by Crippen LogP contribution is -2.08. The van der Waals surface area contributed by atoms with Crippen molar-refractivity contribution in [2.24, 2.45) is 39.4 Å². The summed E-state index contributed by atoms with van der Waals surface area (Å²) < 4.78 is 0. The summed E-state index contributed by atoms with van der Waals surface area (Å²) in [6.07, 6.45) is 37.6. The molecule has 5 nitrogen and oxygen atoms in total. The van der Waals surface area contributed by atoms with Crippen molar-refractivity contribution in [3.05, 3.63) is 386 Å². The van der Waals surface area contributed by atoms with E-state index in [2.05, 4.69) is 474 Å². The summed E-state index contributed by atoms with van der Waals surface area (Å²) in [6.45, 7) is 71.5. The maximum atomic E-state index is 11.2. The topological polar surface area (TPSA) is 78.0 Å². The number of aromatic carboxylic acids is 1. The monoisotopic (exact) mass is 1840 g/mol. The third-order valence-electron chi connectivity index (χ3n) is 21.8. The fraction of sp³-hybridized carbons (Fsp3) is 0.411. The van der Waals surface area contributed by atoms with E-state index < -0.39 is 5.97 Å². The van der Waals surface area contributed by atoms with Crippen LogP contribution in [0.25, 0.3) is 50.4 Å². The minimum absolute atomic E-state index is 0. The number of aryl methyl sites for hydroxylation is 2. The number of anilines is 1. The molecule has 0 aliphatic heterocycles. The molecule has 10 aromatic rings. The van der Waals surface area contributed by atoms with Gasteiger partial charge in [0.05, 0.1) is 5.56 Å². The number of hydrogen-bond acceptors (Lipinski definition) is 3. The van der Waals surface area contributed by atoms with Crippen LogP contribution in [0.4, 0.5) is 5.69 Å². The summed E-state index contributed by atoms with van der Waals surface area (Å²) in [6, 6.07) is 78.1.